The van der Waals surface area contributed by atoms with Crippen molar-refractivity contribution in [2.24, 2.45) is 11.8 Å². The van der Waals surface area contributed by atoms with E-state index in [9.17, 15) is 4.39 Å². The number of benzene rings is 1. The SMILES string of the molecule is CC1COC(C2CCC(c3cccc(F)c3)CC2)OC1. The normalized spacial score (nSPS) is 34.9. The van der Waals surface area contributed by atoms with Crippen LogP contribution in [-0.2, 0) is 9.47 Å². The molecule has 1 saturated heterocycles. The van der Waals surface area contributed by atoms with Gasteiger partial charge in [-0.1, -0.05) is 19.1 Å². The molecule has 0 radical (unpaired) electrons. The van der Waals surface area contributed by atoms with Crippen LogP contribution >= 0.6 is 0 Å². The lowest BCUT2D eigenvalue weighted by Crippen LogP contribution is -2.37. The zero-order chi connectivity index (χ0) is 13.9. The Bertz CT molecular complexity index is 432. The second-order valence-electron chi connectivity index (χ2n) is 6.31. The van der Waals surface area contributed by atoms with Crippen molar-refractivity contribution < 1.29 is 13.9 Å². The Hall–Kier alpha value is -0.930. The van der Waals surface area contributed by atoms with Gasteiger partial charge in [-0.15, -0.1) is 0 Å². The van der Waals surface area contributed by atoms with Crippen molar-refractivity contribution in [3.8, 4) is 0 Å². The lowest BCUT2D eigenvalue weighted by molar-refractivity contribution is -0.226. The molecule has 3 heteroatoms. The van der Waals surface area contributed by atoms with Crippen LogP contribution in [-0.4, -0.2) is 19.5 Å². The third-order valence-electron chi connectivity index (χ3n) is 4.57. The van der Waals surface area contributed by atoms with E-state index in [4.69, 9.17) is 9.47 Å². The third-order valence-corrected chi connectivity index (χ3v) is 4.57. The van der Waals surface area contributed by atoms with Crippen LogP contribution in [0.4, 0.5) is 4.39 Å². The summed E-state index contributed by atoms with van der Waals surface area (Å²) in [6.45, 7) is 3.78. The summed E-state index contributed by atoms with van der Waals surface area (Å²) >= 11 is 0. The van der Waals surface area contributed by atoms with E-state index < -0.39 is 0 Å². The highest BCUT2D eigenvalue weighted by molar-refractivity contribution is 5.21. The Morgan fingerprint density at radius 3 is 2.40 bits per heavy atom. The minimum Gasteiger partial charge on any atom is -0.352 e. The second kappa shape index (κ2) is 6.23. The molecular formula is C17H23FO2. The van der Waals surface area contributed by atoms with Crippen molar-refractivity contribution in [3.63, 3.8) is 0 Å². The molecule has 1 saturated carbocycles. The monoisotopic (exact) mass is 278 g/mol. The van der Waals surface area contributed by atoms with E-state index in [0.717, 1.165) is 44.5 Å². The van der Waals surface area contributed by atoms with Gasteiger partial charge in [-0.3, -0.25) is 0 Å². The number of halogens is 1. The first-order valence-electron chi connectivity index (χ1n) is 7.71. The average molecular weight is 278 g/mol. The van der Waals surface area contributed by atoms with E-state index in [1.54, 1.807) is 6.07 Å². The van der Waals surface area contributed by atoms with Crippen LogP contribution in [0.3, 0.4) is 0 Å². The number of rotatable bonds is 2. The van der Waals surface area contributed by atoms with E-state index in [1.807, 2.05) is 12.1 Å². The molecule has 3 rings (SSSR count). The molecule has 0 amide bonds. The summed E-state index contributed by atoms with van der Waals surface area (Å²) in [6.07, 6.45) is 4.42. The van der Waals surface area contributed by atoms with Crippen molar-refractivity contribution in [2.45, 2.75) is 44.8 Å². The van der Waals surface area contributed by atoms with Crippen LogP contribution in [0, 0.1) is 17.7 Å². The Balaban J connectivity index is 1.54. The predicted molar refractivity (Wildman–Crippen MR) is 76.0 cm³/mol. The van der Waals surface area contributed by atoms with Crippen molar-refractivity contribution >= 4 is 0 Å². The molecule has 1 aliphatic carbocycles. The van der Waals surface area contributed by atoms with Crippen LogP contribution in [0.1, 0.15) is 44.1 Å². The fourth-order valence-electron chi connectivity index (χ4n) is 3.37. The van der Waals surface area contributed by atoms with Gasteiger partial charge in [0.15, 0.2) is 6.29 Å². The molecule has 1 heterocycles. The lowest BCUT2D eigenvalue weighted by Gasteiger charge is -2.37. The fraction of sp³-hybridized carbons (Fsp3) is 0.647. The topological polar surface area (TPSA) is 18.5 Å². The van der Waals surface area contributed by atoms with Crippen LogP contribution in [0.15, 0.2) is 24.3 Å². The summed E-state index contributed by atoms with van der Waals surface area (Å²) in [4.78, 5) is 0. The van der Waals surface area contributed by atoms with Gasteiger partial charge in [0.1, 0.15) is 5.82 Å². The minimum absolute atomic E-state index is 0.0142. The number of hydrogen-bond acceptors (Lipinski definition) is 2. The van der Waals surface area contributed by atoms with Crippen molar-refractivity contribution in [1.82, 2.24) is 0 Å². The van der Waals surface area contributed by atoms with Crippen LogP contribution in [0.25, 0.3) is 0 Å². The molecule has 0 aromatic heterocycles. The highest BCUT2D eigenvalue weighted by atomic mass is 19.1. The molecule has 110 valence electrons. The van der Waals surface area contributed by atoms with Crippen molar-refractivity contribution in [2.75, 3.05) is 13.2 Å². The molecule has 0 unspecified atom stereocenters. The van der Waals surface area contributed by atoms with Gasteiger partial charge in [0.25, 0.3) is 0 Å². The third kappa shape index (κ3) is 3.21. The molecule has 0 spiro atoms. The first-order valence-corrected chi connectivity index (χ1v) is 7.71. The Labute approximate surface area is 120 Å². The molecule has 2 nitrogen and oxygen atoms in total. The quantitative estimate of drug-likeness (QED) is 0.810. The van der Waals surface area contributed by atoms with Crippen LogP contribution in [0.2, 0.25) is 0 Å². The van der Waals surface area contributed by atoms with Gasteiger partial charge in [0.2, 0.25) is 0 Å². The van der Waals surface area contributed by atoms with Gasteiger partial charge >= 0.3 is 0 Å². The van der Waals surface area contributed by atoms with Gasteiger partial charge in [0, 0.05) is 11.8 Å². The molecular weight excluding hydrogens is 255 g/mol. The summed E-state index contributed by atoms with van der Waals surface area (Å²) < 4.78 is 24.9. The molecule has 0 N–H and O–H groups in total. The average Bonchev–Trinajstić information content (AvgIpc) is 2.48. The van der Waals surface area contributed by atoms with Gasteiger partial charge in [-0.25, -0.2) is 4.39 Å². The lowest BCUT2D eigenvalue weighted by atomic mass is 9.78. The first kappa shape index (κ1) is 14.0. The van der Waals surface area contributed by atoms with E-state index in [-0.39, 0.29) is 12.1 Å². The Morgan fingerprint density at radius 2 is 1.75 bits per heavy atom. The summed E-state index contributed by atoms with van der Waals surface area (Å²) in [5.74, 6) is 1.38. The maximum Gasteiger partial charge on any atom is 0.160 e. The van der Waals surface area contributed by atoms with E-state index in [2.05, 4.69) is 6.92 Å². The highest BCUT2D eigenvalue weighted by Gasteiger charge is 2.32. The fourth-order valence-corrected chi connectivity index (χ4v) is 3.37. The first-order chi connectivity index (χ1) is 9.72. The van der Waals surface area contributed by atoms with Gasteiger partial charge in [-0.2, -0.15) is 0 Å². The Kier molecular flexibility index (Phi) is 4.37. The smallest absolute Gasteiger partial charge is 0.160 e. The van der Waals surface area contributed by atoms with Gasteiger partial charge < -0.3 is 9.47 Å². The molecule has 2 aliphatic rings. The number of ether oxygens (including phenoxy) is 2. The minimum atomic E-state index is -0.127. The predicted octanol–water partition coefficient (Wildman–Crippen LogP) is 4.11. The summed E-state index contributed by atoms with van der Waals surface area (Å²) in [7, 11) is 0. The van der Waals surface area contributed by atoms with E-state index >= 15 is 0 Å². The maximum absolute atomic E-state index is 13.3. The largest absolute Gasteiger partial charge is 0.352 e. The molecule has 20 heavy (non-hydrogen) atoms. The van der Waals surface area contributed by atoms with E-state index in [0.29, 0.717) is 17.8 Å². The zero-order valence-corrected chi connectivity index (χ0v) is 12.1. The highest BCUT2D eigenvalue weighted by Crippen LogP contribution is 2.38. The summed E-state index contributed by atoms with van der Waals surface area (Å²) in [5.41, 5.74) is 1.14. The molecule has 2 fully saturated rings. The standard InChI is InChI=1S/C17H23FO2/c1-12-10-19-17(20-11-12)14-7-5-13(6-8-14)15-3-2-4-16(18)9-15/h2-4,9,12-14,17H,5-8,10-11H2,1H3. The van der Waals surface area contributed by atoms with Crippen LogP contribution in [0.5, 0.6) is 0 Å². The maximum atomic E-state index is 13.3. The van der Waals surface area contributed by atoms with Crippen molar-refractivity contribution in [1.29, 1.82) is 0 Å². The molecule has 0 bridgehead atoms. The zero-order valence-electron chi connectivity index (χ0n) is 12.1. The molecule has 1 aliphatic heterocycles. The Morgan fingerprint density at radius 1 is 1.05 bits per heavy atom. The summed E-state index contributed by atoms with van der Waals surface area (Å²) in [6, 6.07) is 7.05. The molecule has 0 atom stereocenters. The van der Waals surface area contributed by atoms with Gasteiger partial charge in [-0.05, 0) is 49.3 Å². The van der Waals surface area contributed by atoms with Gasteiger partial charge in [0.05, 0.1) is 13.2 Å². The molecule has 1 aromatic rings. The number of hydrogen-bond donors (Lipinski definition) is 0. The van der Waals surface area contributed by atoms with E-state index in [1.165, 1.54) is 6.07 Å². The van der Waals surface area contributed by atoms with Crippen LogP contribution < -0.4 is 0 Å². The second-order valence-corrected chi connectivity index (χ2v) is 6.31. The molecule has 1 aromatic carbocycles. The summed E-state index contributed by atoms with van der Waals surface area (Å²) in [5, 5.41) is 0. The van der Waals surface area contributed by atoms with Crippen molar-refractivity contribution in [3.05, 3.63) is 35.6 Å².